The molecule has 0 N–H and O–H groups in total. The Morgan fingerprint density at radius 3 is 1.39 bits per heavy atom. The Morgan fingerprint density at radius 2 is 1.07 bits per heavy atom. The molecule has 2 aromatic rings. The highest BCUT2D eigenvalue weighted by Gasteiger charge is 2.03. The fourth-order valence-electron chi connectivity index (χ4n) is 1.98. The lowest BCUT2D eigenvalue weighted by molar-refractivity contribution is -0.141. The normalized spacial score (nSPS) is 9.86. The summed E-state index contributed by atoms with van der Waals surface area (Å²) in [4.78, 5) is 50.5. The molecule has 0 atom stereocenters. The summed E-state index contributed by atoms with van der Waals surface area (Å²) >= 11 is 0. The Hall–Kier alpha value is -4.12. The van der Waals surface area contributed by atoms with E-state index >= 15 is 0 Å². The maximum atomic E-state index is 11.6. The number of hydrogen-bond acceptors (Lipinski definition) is 8. The van der Waals surface area contributed by atoms with Gasteiger partial charge in [-0.25, -0.2) is 19.2 Å². The molecule has 0 saturated carbocycles. The first kappa shape index (κ1) is 20.2. The van der Waals surface area contributed by atoms with Crippen molar-refractivity contribution >= 4 is 35.5 Å². The number of nitrogens with zero attached hydrogens (tertiary/aromatic N) is 2. The topological polar surface area (TPSA) is 111 Å². The van der Waals surface area contributed by atoms with Crippen LogP contribution in [0, 0.1) is 0 Å². The van der Waals surface area contributed by atoms with E-state index in [0.717, 1.165) is 12.2 Å². The van der Waals surface area contributed by atoms with Crippen molar-refractivity contribution in [3.05, 3.63) is 71.8 Å². The van der Waals surface area contributed by atoms with Crippen LogP contribution in [0.5, 0.6) is 0 Å². The highest BCUT2D eigenvalue weighted by molar-refractivity contribution is 5.91. The SMILES string of the molecule is O=C=Nc1ccc(COC(=O)/C=C\C(=O)OCc2ccc(N=C=O)cc2)cc1. The number of aliphatic imine (C=N–C) groups is 2. The van der Waals surface area contributed by atoms with Gasteiger partial charge in [-0.15, -0.1) is 0 Å². The Labute approximate surface area is 159 Å². The maximum Gasteiger partial charge on any atom is 0.331 e. The van der Waals surface area contributed by atoms with Crippen molar-refractivity contribution < 1.29 is 28.7 Å². The summed E-state index contributed by atoms with van der Waals surface area (Å²) in [7, 11) is 0. The van der Waals surface area contributed by atoms with Crippen LogP contribution in [0.15, 0.2) is 70.7 Å². The van der Waals surface area contributed by atoms with E-state index in [9.17, 15) is 19.2 Å². The molecule has 140 valence electrons. The number of ether oxygens (including phenoxy) is 2. The van der Waals surface area contributed by atoms with Crippen LogP contribution in [0.1, 0.15) is 11.1 Å². The monoisotopic (exact) mass is 378 g/mol. The number of benzene rings is 2. The molecule has 0 spiro atoms. The molecular weight excluding hydrogens is 364 g/mol. The molecule has 0 fully saturated rings. The summed E-state index contributed by atoms with van der Waals surface area (Å²) < 4.78 is 9.99. The lowest BCUT2D eigenvalue weighted by Crippen LogP contribution is -2.04. The first-order valence-corrected chi connectivity index (χ1v) is 7.96. The van der Waals surface area contributed by atoms with Crippen LogP contribution < -0.4 is 0 Å². The molecule has 0 amide bonds. The van der Waals surface area contributed by atoms with Crippen LogP contribution in [0.25, 0.3) is 0 Å². The molecule has 2 rings (SSSR count). The predicted molar refractivity (Wildman–Crippen MR) is 97.2 cm³/mol. The summed E-state index contributed by atoms with van der Waals surface area (Å²) in [6, 6.07) is 12.9. The number of hydrogen-bond donors (Lipinski definition) is 0. The average Bonchev–Trinajstić information content (AvgIpc) is 2.71. The summed E-state index contributed by atoms with van der Waals surface area (Å²) in [5, 5.41) is 0. The van der Waals surface area contributed by atoms with Gasteiger partial charge in [0.15, 0.2) is 0 Å². The van der Waals surface area contributed by atoms with E-state index in [1.165, 1.54) is 12.2 Å². The number of isocyanates is 2. The Kier molecular flexibility index (Phi) is 7.77. The molecule has 8 heteroatoms. The fraction of sp³-hybridized carbons (Fsp3) is 0.100. The molecule has 2 aromatic carbocycles. The van der Waals surface area contributed by atoms with Crippen LogP contribution >= 0.6 is 0 Å². The number of carbonyl (C=O) groups is 2. The summed E-state index contributed by atoms with van der Waals surface area (Å²) in [6.07, 6.45) is 4.79. The lowest BCUT2D eigenvalue weighted by Gasteiger charge is -2.03. The summed E-state index contributed by atoms with van der Waals surface area (Å²) in [5.41, 5.74) is 2.27. The van der Waals surface area contributed by atoms with E-state index in [1.807, 2.05) is 0 Å². The van der Waals surface area contributed by atoms with Gasteiger partial charge >= 0.3 is 11.9 Å². The van der Waals surface area contributed by atoms with Crippen molar-refractivity contribution in [1.82, 2.24) is 0 Å². The third-order valence-electron chi connectivity index (χ3n) is 3.34. The molecule has 0 aromatic heterocycles. The van der Waals surface area contributed by atoms with E-state index < -0.39 is 11.9 Å². The molecule has 0 heterocycles. The van der Waals surface area contributed by atoms with Crippen molar-refractivity contribution in [2.24, 2.45) is 9.98 Å². The number of carbonyl (C=O) groups excluding carboxylic acids is 4. The number of rotatable bonds is 8. The Balaban J connectivity index is 1.75. The van der Waals surface area contributed by atoms with Crippen molar-refractivity contribution in [2.45, 2.75) is 13.2 Å². The van der Waals surface area contributed by atoms with Crippen molar-refractivity contribution in [1.29, 1.82) is 0 Å². The van der Waals surface area contributed by atoms with E-state index in [2.05, 4.69) is 9.98 Å². The molecule has 0 radical (unpaired) electrons. The largest absolute Gasteiger partial charge is 0.458 e. The van der Waals surface area contributed by atoms with Gasteiger partial charge in [-0.2, -0.15) is 9.98 Å². The van der Waals surface area contributed by atoms with Crippen LogP contribution in [-0.2, 0) is 41.9 Å². The smallest absolute Gasteiger partial charge is 0.331 e. The molecule has 0 unspecified atom stereocenters. The zero-order valence-corrected chi connectivity index (χ0v) is 14.5. The second kappa shape index (κ2) is 10.8. The predicted octanol–water partition coefficient (Wildman–Crippen LogP) is 2.96. The highest BCUT2D eigenvalue weighted by atomic mass is 16.5. The van der Waals surface area contributed by atoms with E-state index in [4.69, 9.17) is 9.47 Å². The molecule has 0 aliphatic rings. The van der Waals surface area contributed by atoms with E-state index in [-0.39, 0.29) is 13.2 Å². The zero-order valence-electron chi connectivity index (χ0n) is 14.5. The Morgan fingerprint density at radius 1 is 0.714 bits per heavy atom. The standard InChI is InChI=1S/C20H14N2O6/c23-13-21-17-5-1-15(2-6-17)11-27-19(25)9-10-20(26)28-12-16-3-7-18(8-4-16)22-14-24/h1-10H,11-12H2/b10-9-. The molecular formula is C20H14N2O6. The third-order valence-corrected chi connectivity index (χ3v) is 3.34. The third kappa shape index (κ3) is 7.01. The van der Waals surface area contributed by atoms with Gasteiger partial charge in [0.05, 0.1) is 11.4 Å². The van der Waals surface area contributed by atoms with Gasteiger partial charge in [-0.1, -0.05) is 24.3 Å². The second-order valence-corrected chi connectivity index (χ2v) is 5.29. The molecule has 0 aliphatic carbocycles. The van der Waals surface area contributed by atoms with Gasteiger partial charge in [-0.05, 0) is 35.4 Å². The quantitative estimate of drug-likeness (QED) is 0.302. The van der Waals surface area contributed by atoms with Crippen molar-refractivity contribution in [3.63, 3.8) is 0 Å². The van der Waals surface area contributed by atoms with Gasteiger partial charge in [0, 0.05) is 12.2 Å². The Bertz CT molecular complexity index is 872. The summed E-state index contributed by atoms with van der Waals surface area (Å²) in [5.74, 6) is -1.41. The molecule has 28 heavy (non-hydrogen) atoms. The van der Waals surface area contributed by atoms with Gasteiger partial charge in [0.1, 0.15) is 13.2 Å². The molecule has 0 saturated heterocycles. The fourth-order valence-corrected chi connectivity index (χ4v) is 1.98. The number of esters is 2. The van der Waals surface area contributed by atoms with E-state index in [0.29, 0.717) is 22.5 Å². The first-order valence-electron chi connectivity index (χ1n) is 7.96. The molecule has 0 aliphatic heterocycles. The van der Waals surface area contributed by atoms with E-state index in [1.54, 1.807) is 48.5 Å². The summed E-state index contributed by atoms with van der Waals surface area (Å²) in [6.45, 7) is -0.00214. The highest BCUT2D eigenvalue weighted by Crippen LogP contribution is 2.13. The van der Waals surface area contributed by atoms with Crippen molar-refractivity contribution in [2.75, 3.05) is 0 Å². The van der Waals surface area contributed by atoms with Crippen molar-refractivity contribution in [3.8, 4) is 0 Å². The van der Waals surface area contributed by atoms with Gasteiger partial charge in [-0.3, -0.25) is 0 Å². The zero-order chi connectivity index (χ0) is 20.2. The van der Waals surface area contributed by atoms with Crippen LogP contribution in [0.2, 0.25) is 0 Å². The molecule has 0 bridgehead atoms. The molecule has 8 nitrogen and oxygen atoms in total. The first-order chi connectivity index (χ1) is 13.6. The van der Waals surface area contributed by atoms with Gasteiger partial charge in [0.2, 0.25) is 12.2 Å². The van der Waals surface area contributed by atoms with Crippen LogP contribution in [-0.4, -0.2) is 24.1 Å². The minimum atomic E-state index is -0.706. The second-order valence-electron chi connectivity index (χ2n) is 5.29. The van der Waals surface area contributed by atoms with Crippen LogP contribution in [0.4, 0.5) is 11.4 Å². The maximum absolute atomic E-state index is 11.6. The van der Waals surface area contributed by atoms with Gasteiger partial charge in [0.25, 0.3) is 0 Å². The minimum absolute atomic E-state index is 0.00107. The lowest BCUT2D eigenvalue weighted by atomic mass is 10.2. The van der Waals surface area contributed by atoms with Crippen LogP contribution in [0.3, 0.4) is 0 Å². The van der Waals surface area contributed by atoms with Gasteiger partial charge < -0.3 is 9.47 Å². The minimum Gasteiger partial charge on any atom is -0.458 e. The average molecular weight is 378 g/mol.